The topological polar surface area (TPSA) is 86.0 Å². The summed E-state index contributed by atoms with van der Waals surface area (Å²) in [5.41, 5.74) is 1.12. The molecule has 0 aliphatic heterocycles. The molecule has 5 heteroatoms. The molecule has 1 aromatic heterocycles. The summed E-state index contributed by atoms with van der Waals surface area (Å²) in [5, 5.41) is 21.1. The molecule has 1 heterocycles. The summed E-state index contributed by atoms with van der Waals surface area (Å²) < 4.78 is 0. The molecule has 0 unspecified atom stereocenters. The fourth-order valence-corrected chi connectivity index (χ4v) is 2.32. The Kier molecular flexibility index (Phi) is 3.78. The minimum Gasteiger partial charge on any atom is -0.481 e. The van der Waals surface area contributed by atoms with Gasteiger partial charge in [0.1, 0.15) is 6.07 Å². The first-order chi connectivity index (χ1) is 8.70. The van der Waals surface area contributed by atoms with Crippen molar-refractivity contribution in [1.29, 1.82) is 5.26 Å². The molecule has 1 aliphatic rings. The van der Waals surface area contributed by atoms with Crippen LogP contribution in [0.4, 0.5) is 5.69 Å². The molecule has 0 spiro atoms. The largest absolute Gasteiger partial charge is 0.481 e. The van der Waals surface area contributed by atoms with Crippen LogP contribution in [0.5, 0.6) is 0 Å². The van der Waals surface area contributed by atoms with Crippen molar-refractivity contribution in [1.82, 2.24) is 4.98 Å². The standard InChI is InChI=1S/C13H15N3O2/c14-8-12-11(2-1-7-15-12)16-10-5-3-9(4-6-10)13(17)18/h1-2,7,9-10,16H,3-6H2,(H,17,18). The van der Waals surface area contributed by atoms with Gasteiger partial charge in [-0.25, -0.2) is 4.98 Å². The van der Waals surface area contributed by atoms with Gasteiger partial charge < -0.3 is 10.4 Å². The van der Waals surface area contributed by atoms with Crippen molar-refractivity contribution in [2.24, 2.45) is 5.92 Å². The third-order valence-corrected chi connectivity index (χ3v) is 3.35. The molecule has 1 fully saturated rings. The maximum Gasteiger partial charge on any atom is 0.306 e. The van der Waals surface area contributed by atoms with Crippen LogP contribution in [0.3, 0.4) is 0 Å². The lowest BCUT2D eigenvalue weighted by Gasteiger charge is -2.27. The average molecular weight is 245 g/mol. The Balaban J connectivity index is 1.96. The van der Waals surface area contributed by atoms with E-state index in [4.69, 9.17) is 10.4 Å². The Morgan fingerprint density at radius 2 is 2.17 bits per heavy atom. The van der Waals surface area contributed by atoms with E-state index in [1.54, 1.807) is 12.3 Å². The summed E-state index contributed by atoms with van der Waals surface area (Å²) >= 11 is 0. The SMILES string of the molecule is N#Cc1ncccc1NC1CCC(C(=O)O)CC1. The summed E-state index contributed by atoms with van der Waals surface area (Å²) in [6.07, 6.45) is 4.60. The lowest BCUT2D eigenvalue weighted by Crippen LogP contribution is -2.29. The number of aromatic nitrogens is 1. The molecule has 5 nitrogen and oxygen atoms in total. The maximum absolute atomic E-state index is 10.8. The Hall–Kier alpha value is -2.09. The molecule has 1 aromatic rings. The number of hydrogen-bond donors (Lipinski definition) is 2. The van der Waals surface area contributed by atoms with Crippen molar-refractivity contribution in [3.63, 3.8) is 0 Å². The third kappa shape index (κ3) is 2.77. The van der Waals surface area contributed by atoms with Crippen molar-refractivity contribution in [2.75, 3.05) is 5.32 Å². The van der Waals surface area contributed by atoms with E-state index < -0.39 is 5.97 Å². The van der Waals surface area contributed by atoms with Gasteiger partial charge in [0.15, 0.2) is 5.69 Å². The van der Waals surface area contributed by atoms with Crippen molar-refractivity contribution in [3.05, 3.63) is 24.0 Å². The highest BCUT2D eigenvalue weighted by atomic mass is 16.4. The molecule has 0 saturated heterocycles. The van der Waals surface area contributed by atoms with Gasteiger partial charge in [-0.05, 0) is 37.8 Å². The zero-order chi connectivity index (χ0) is 13.0. The number of nitrogens with one attached hydrogen (secondary N) is 1. The van der Waals surface area contributed by atoms with E-state index in [0.29, 0.717) is 18.5 Å². The molecular formula is C13H15N3O2. The van der Waals surface area contributed by atoms with Crippen LogP contribution in [0.2, 0.25) is 0 Å². The molecule has 94 valence electrons. The van der Waals surface area contributed by atoms with E-state index in [0.717, 1.165) is 18.5 Å². The van der Waals surface area contributed by atoms with Crippen molar-refractivity contribution in [3.8, 4) is 6.07 Å². The minimum atomic E-state index is -0.701. The van der Waals surface area contributed by atoms with E-state index in [1.165, 1.54) is 0 Å². The number of carboxylic acid groups (broad SMARTS) is 1. The molecule has 0 atom stereocenters. The van der Waals surface area contributed by atoms with Gasteiger partial charge in [-0.2, -0.15) is 5.26 Å². The number of carboxylic acids is 1. The smallest absolute Gasteiger partial charge is 0.306 e. The normalized spacial score (nSPS) is 23.1. The highest BCUT2D eigenvalue weighted by molar-refractivity contribution is 5.70. The van der Waals surface area contributed by atoms with Gasteiger partial charge in [-0.15, -0.1) is 0 Å². The number of carbonyl (C=O) groups is 1. The zero-order valence-corrected chi connectivity index (χ0v) is 9.97. The van der Waals surface area contributed by atoms with Crippen LogP contribution in [0, 0.1) is 17.2 Å². The molecule has 0 amide bonds. The molecule has 2 rings (SSSR count). The number of nitrogens with zero attached hydrogens (tertiary/aromatic N) is 2. The predicted molar refractivity (Wildman–Crippen MR) is 66.0 cm³/mol. The molecule has 1 saturated carbocycles. The second-order valence-electron chi connectivity index (χ2n) is 4.54. The molecule has 1 aliphatic carbocycles. The molecule has 18 heavy (non-hydrogen) atoms. The molecular weight excluding hydrogens is 230 g/mol. The van der Waals surface area contributed by atoms with Crippen molar-refractivity contribution in [2.45, 2.75) is 31.7 Å². The molecule has 0 aromatic carbocycles. The van der Waals surface area contributed by atoms with E-state index in [2.05, 4.69) is 10.3 Å². The van der Waals surface area contributed by atoms with E-state index >= 15 is 0 Å². The van der Waals surface area contributed by atoms with Crippen LogP contribution in [-0.2, 0) is 4.79 Å². The van der Waals surface area contributed by atoms with Crippen LogP contribution < -0.4 is 5.32 Å². The van der Waals surface area contributed by atoms with Gasteiger partial charge in [0, 0.05) is 12.2 Å². The highest BCUT2D eigenvalue weighted by Crippen LogP contribution is 2.27. The van der Waals surface area contributed by atoms with E-state index in [9.17, 15) is 4.79 Å². The van der Waals surface area contributed by atoms with Crippen molar-refractivity contribution < 1.29 is 9.90 Å². The number of pyridine rings is 1. The van der Waals surface area contributed by atoms with Crippen molar-refractivity contribution >= 4 is 11.7 Å². The Morgan fingerprint density at radius 1 is 1.44 bits per heavy atom. The van der Waals surface area contributed by atoms with E-state index in [-0.39, 0.29) is 12.0 Å². The van der Waals surface area contributed by atoms with Gasteiger partial charge in [0.05, 0.1) is 11.6 Å². The number of nitriles is 1. The predicted octanol–water partition coefficient (Wildman–Crippen LogP) is 2.01. The summed E-state index contributed by atoms with van der Waals surface area (Å²) in [4.78, 5) is 14.8. The number of anilines is 1. The number of hydrogen-bond acceptors (Lipinski definition) is 4. The number of aliphatic carboxylic acids is 1. The molecule has 0 bridgehead atoms. The van der Waals surface area contributed by atoms with Crippen LogP contribution in [-0.4, -0.2) is 22.1 Å². The second-order valence-corrected chi connectivity index (χ2v) is 4.54. The van der Waals surface area contributed by atoms with Crippen LogP contribution in [0.15, 0.2) is 18.3 Å². The molecule has 0 radical (unpaired) electrons. The first kappa shape index (κ1) is 12.4. The van der Waals surface area contributed by atoms with Gasteiger partial charge in [-0.3, -0.25) is 4.79 Å². The highest BCUT2D eigenvalue weighted by Gasteiger charge is 2.26. The van der Waals surface area contributed by atoms with Gasteiger partial charge in [-0.1, -0.05) is 0 Å². The van der Waals surface area contributed by atoms with Crippen LogP contribution in [0.25, 0.3) is 0 Å². The average Bonchev–Trinajstić information content (AvgIpc) is 2.40. The summed E-state index contributed by atoms with van der Waals surface area (Å²) in [6.45, 7) is 0. The Bertz CT molecular complexity index is 473. The van der Waals surface area contributed by atoms with Crippen LogP contribution in [0.1, 0.15) is 31.4 Å². The van der Waals surface area contributed by atoms with Gasteiger partial charge in [0.2, 0.25) is 0 Å². The second kappa shape index (κ2) is 5.50. The third-order valence-electron chi connectivity index (χ3n) is 3.35. The fourth-order valence-electron chi connectivity index (χ4n) is 2.32. The lowest BCUT2D eigenvalue weighted by atomic mass is 9.86. The summed E-state index contributed by atoms with van der Waals surface area (Å²) in [7, 11) is 0. The molecule has 2 N–H and O–H groups in total. The van der Waals surface area contributed by atoms with Gasteiger partial charge in [0.25, 0.3) is 0 Å². The number of rotatable bonds is 3. The zero-order valence-electron chi connectivity index (χ0n) is 9.97. The first-order valence-electron chi connectivity index (χ1n) is 6.05. The quantitative estimate of drug-likeness (QED) is 0.850. The maximum atomic E-state index is 10.8. The monoisotopic (exact) mass is 245 g/mol. The van der Waals surface area contributed by atoms with E-state index in [1.807, 2.05) is 12.1 Å². The fraction of sp³-hybridized carbons (Fsp3) is 0.462. The summed E-state index contributed by atoms with van der Waals surface area (Å²) in [6, 6.07) is 5.89. The first-order valence-corrected chi connectivity index (χ1v) is 6.05. The van der Waals surface area contributed by atoms with Crippen LogP contribution >= 0.6 is 0 Å². The Morgan fingerprint density at radius 3 is 2.78 bits per heavy atom. The minimum absolute atomic E-state index is 0.215. The Labute approximate surface area is 105 Å². The van der Waals surface area contributed by atoms with Gasteiger partial charge >= 0.3 is 5.97 Å². The summed E-state index contributed by atoms with van der Waals surface area (Å²) in [5.74, 6) is -0.917. The lowest BCUT2D eigenvalue weighted by molar-refractivity contribution is -0.142.